The van der Waals surface area contributed by atoms with Crippen LogP contribution in [-0.2, 0) is 7.05 Å². The van der Waals surface area contributed by atoms with Crippen molar-refractivity contribution in [3.05, 3.63) is 52.3 Å². The fourth-order valence-electron chi connectivity index (χ4n) is 2.23. The highest BCUT2D eigenvalue weighted by molar-refractivity contribution is 6.03. The van der Waals surface area contributed by atoms with E-state index in [1.807, 2.05) is 32.0 Å². The molecule has 0 aliphatic rings. The van der Waals surface area contributed by atoms with Gasteiger partial charge in [-0.15, -0.1) is 0 Å². The van der Waals surface area contributed by atoms with Crippen molar-refractivity contribution in [2.24, 2.45) is 7.05 Å². The first-order chi connectivity index (χ1) is 9.43. The molecule has 1 aromatic heterocycles. The van der Waals surface area contributed by atoms with Gasteiger partial charge in [-0.25, -0.2) is 0 Å². The van der Waals surface area contributed by atoms with Crippen molar-refractivity contribution in [1.29, 1.82) is 5.26 Å². The summed E-state index contributed by atoms with van der Waals surface area (Å²) < 4.78 is 1.59. The zero-order chi connectivity index (χ0) is 14.9. The second-order valence-corrected chi connectivity index (χ2v) is 5.07. The number of nitrogens with zero attached hydrogens (tertiary/aromatic N) is 3. The molecule has 1 aromatic carbocycles. The van der Waals surface area contributed by atoms with E-state index < -0.39 is 5.92 Å². The number of ketones is 1. The van der Waals surface area contributed by atoms with Crippen molar-refractivity contribution >= 4 is 5.78 Å². The first-order valence-electron chi connectivity index (χ1n) is 6.45. The average molecular weight is 267 g/mol. The molecule has 0 saturated carbocycles. The lowest BCUT2D eigenvalue weighted by Gasteiger charge is -2.10. The summed E-state index contributed by atoms with van der Waals surface area (Å²) >= 11 is 0. The number of carbonyl (C=O) groups excluding carboxylic acids is 1. The zero-order valence-electron chi connectivity index (χ0n) is 12.1. The van der Waals surface area contributed by atoms with E-state index >= 15 is 0 Å². The lowest BCUT2D eigenvalue weighted by Crippen LogP contribution is -2.12. The summed E-state index contributed by atoms with van der Waals surface area (Å²) in [5.74, 6) is -0.974. The molecule has 2 aromatic rings. The minimum atomic E-state index is -0.780. The van der Waals surface area contributed by atoms with Gasteiger partial charge in [0.1, 0.15) is 5.92 Å². The fourth-order valence-corrected chi connectivity index (χ4v) is 2.23. The number of aryl methyl sites for hydroxylation is 4. The Morgan fingerprint density at radius 2 is 2.00 bits per heavy atom. The highest BCUT2D eigenvalue weighted by Crippen LogP contribution is 2.23. The second-order valence-electron chi connectivity index (χ2n) is 5.07. The molecule has 1 heterocycles. The standard InChI is InChI=1S/C16H17N3O/c1-10-5-6-13(7-11(10)2)14(8-17)16(20)15-9-19(4)18-12(15)3/h5-7,9,14H,1-4H3. The van der Waals surface area contributed by atoms with Crippen molar-refractivity contribution in [1.82, 2.24) is 9.78 Å². The molecule has 0 bridgehead atoms. The molecule has 4 nitrogen and oxygen atoms in total. The summed E-state index contributed by atoms with van der Waals surface area (Å²) in [6.45, 7) is 5.77. The highest BCUT2D eigenvalue weighted by Gasteiger charge is 2.25. The van der Waals surface area contributed by atoms with Gasteiger partial charge in [0.25, 0.3) is 0 Å². The molecule has 0 N–H and O–H groups in total. The lowest BCUT2D eigenvalue weighted by atomic mass is 9.90. The summed E-state index contributed by atoms with van der Waals surface area (Å²) in [6, 6.07) is 7.81. The molecule has 20 heavy (non-hydrogen) atoms. The quantitative estimate of drug-likeness (QED) is 0.803. The maximum atomic E-state index is 12.5. The summed E-state index contributed by atoms with van der Waals surface area (Å²) in [5.41, 5.74) is 4.14. The number of Topliss-reactive ketones (excluding diaryl/α,β-unsaturated/α-hetero) is 1. The van der Waals surface area contributed by atoms with Gasteiger partial charge >= 0.3 is 0 Å². The Morgan fingerprint density at radius 1 is 1.30 bits per heavy atom. The molecule has 1 atom stereocenters. The first-order valence-corrected chi connectivity index (χ1v) is 6.45. The Labute approximate surface area is 118 Å². The van der Waals surface area contributed by atoms with E-state index in [0.29, 0.717) is 11.3 Å². The molecule has 0 aliphatic heterocycles. The minimum absolute atomic E-state index is 0.193. The van der Waals surface area contributed by atoms with Crippen molar-refractivity contribution in [2.75, 3.05) is 0 Å². The van der Waals surface area contributed by atoms with E-state index in [2.05, 4.69) is 11.2 Å². The van der Waals surface area contributed by atoms with Crippen LogP contribution >= 0.6 is 0 Å². The number of benzene rings is 1. The normalized spacial score (nSPS) is 11.9. The van der Waals surface area contributed by atoms with Crippen LogP contribution in [0.5, 0.6) is 0 Å². The van der Waals surface area contributed by atoms with Crippen molar-refractivity contribution in [3.8, 4) is 6.07 Å². The molecule has 0 fully saturated rings. The van der Waals surface area contributed by atoms with Gasteiger partial charge in [-0.3, -0.25) is 9.48 Å². The molecule has 2 rings (SSSR count). The maximum Gasteiger partial charge on any atom is 0.187 e. The van der Waals surface area contributed by atoms with E-state index in [4.69, 9.17) is 0 Å². The maximum absolute atomic E-state index is 12.5. The third-order valence-corrected chi connectivity index (χ3v) is 3.53. The van der Waals surface area contributed by atoms with Gasteiger partial charge in [-0.05, 0) is 37.5 Å². The molecule has 4 heteroatoms. The van der Waals surface area contributed by atoms with Gasteiger partial charge in [0, 0.05) is 13.2 Å². The number of carbonyl (C=O) groups is 1. The summed E-state index contributed by atoms with van der Waals surface area (Å²) in [6.07, 6.45) is 1.67. The number of hydrogen-bond donors (Lipinski definition) is 0. The Balaban J connectivity index is 2.42. The van der Waals surface area contributed by atoms with Gasteiger partial charge in [0.05, 0.1) is 17.3 Å². The van der Waals surface area contributed by atoms with E-state index in [0.717, 1.165) is 16.7 Å². The summed E-state index contributed by atoms with van der Waals surface area (Å²) in [5, 5.41) is 13.5. The van der Waals surface area contributed by atoms with E-state index in [1.54, 1.807) is 24.9 Å². The van der Waals surface area contributed by atoms with Gasteiger partial charge in [-0.2, -0.15) is 10.4 Å². The summed E-state index contributed by atoms with van der Waals surface area (Å²) in [4.78, 5) is 12.5. The Bertz CT molecular complexity index is 707. The van der Waals surface area contributed by atoms with E-state index in [9.17, 15) is 10.1 Å². The largest absolute Gasteiger partial charge is 0.292 e. The van der Waals surface area contributed by atoms with Crippen LogP contribution in [-0.4, -0.2) is 15.6 Å². The van der Waals surface area contributed by atoms with Crippen molar-refractivity contribution < 1.29 is 4.79 Å². The molecule has 0 radical (unpaired) electrons. The monoisotopic (exact) mass is 267 g/mol. The lowest BCUT2D eigenvalue weighted by molar-refractivity contribution is 0.0978. The molecule has 0 spiro atoms. The molecule has 0 aliphatic carbocycles. The van der Waals surface area contributed by atoms with Gasteiger partial charge in [0.2, 0.25) is 0 Å². The number of rotatable bonds is 3. The van der Waals surface area contributed by atoms with Crippen LogP contribution < -0.4 is 0 Å². The Hall–Kier alpha value is -2.41. The molecule has 102 valence electrons. The predicted molar refractivity (Wildman–Crippen MR) is 76.5 cm³/mol. The second kappa shape index (κ2) is 5.30. The third-order valence-electron chi connectivity index (χ3n) is 3.53. The number of hydrogen-bond acceptors (Lipinski definition) is 3. The molecule has 0 saturated heterocycles. The van der Waals surface area contributed by atoms with Crippen LogP contribution in [0, 0.1) is 32.1 Å². The van der Waals surface area contributed by atoms with Crippen LogP contribution in [0.2, 0.25) is 0 Å². The zero-order valence-corrected chi connectivity index (χ0v) is 12.1. The minimum Gasteiger partial charge on any atom is -0.292 e. The first kappa shape index (κ1) is 14.0. The summed E-state index contributed by atoms with van der Waals surface area (Å²) in [7, 11) is 1.77. The Kier molecular flexibility index (Phi) is 3.71. The van der Waals surface area contributed by atoms with Crippen LogP contribution in [0.3, 0.4) is 0 Å². The topological polar surface area (TPSA) is 58.7 Å². The van der Waals surface area contributed by atoms with Gasteiger partial charge < -0.3 is 0 Å². The Morgan fingerprint density at radius 3 is 2.50 bits per heavy atom. The van der Waals surface area contributed by atoms with E-state index in [1.165, 1.54) is 0 Å². The number of aromatic nitrogens is 2. The average Bonchev–Trinajstić information content (AvgIpc) is 2.73. The van der Waals surface area contributed by atoms with Gasteiger partial charge in [0.15, 0.2) is 5.78 Å². The van der Waals surface area contributed by atoms with Crippen molar-refractivity contribution in [2.45, 2.75) is 26.7 Å². The molecule has 1 unspecified atom stereocenters. The SMILES string of the molecule is Cc1ccc(C(C#N)C(=O)c2cn(C)nc2C)cc1C. The van der Waals surface area contributed by atoms with Crippen LogP contribution in [0.25, 0.3) is 0 Å². The highest BCUT2D eigenvalue weighted by atomic mass is 16.1. The fraction of sp³-hybridized carbons (Fsp3) is 0.312. The van der Waals surface area contributed by atoms with Crippen molar-refractivity contribution in [3.63, 3.8) is 0 Å². The smallest absolute Gasteiger partial charge is 0.187 e. The van der Waals surface area contributed by atoms with Crippen LogP contribution in [0.1, 0.15) is 38.7 Å². The van der Waals surface area contributed by atoms with Crippen LogP contribution in [0.15, 0.2) is 24.4 Å². The predicted octanol–water partition coefficient (Wildman–Crippen LogP) is 2.84. The van der Waals surface area contributed by atoms with E-state index in [-0.39, 0.29) is 5.78 Å². The third kappa shape index (κ3) is 2.48. The molecular weight excluding hydrogens is 250 g/mol. The van der Waals surface area contributed by atoms with Gasteiger partial charge in [-0.1, -0.05) is 18.2 Å². The molecule has 0 amide bonds. The van der Waals surface area contributed by atoms with Crippen LogP contribution in [0.4, 0.5) is 0 Å². The molecular formula is C16H17N3O. The number of nitriles is 1.